The maximum absolute atomic E-state index is 12.4. The number of nitro groups is 1. The smallest absolute Gasteiger partial charge is 0.307 e. The Morgan fingerprint density at radius 3 is 2.63 bits per heavy atom. The van der Waals surface area contributed by atoms with E-state index < -0.39 is 10.8 Å². The molecule has 1 heterocycles. The summed E-state index contributed by atoms with van der Waals surface area (Å²) in [6.07, 6.45) is 1.47. The Bertz CT molecular complexity index is 1400. The molecular weight excluding hydrogens is 474 g/mol. The largest absolute Gasteiger partial charge is 0.490 e. The highest BCUT2D eigenvalue weighted by atomic mass is 35.5. The number of hydrazone groups is 1. The van der Waals surface area contributed by atoms with Gasteiger partial charge >= 0.3 is 5.91 Å². The van der Waals surface area contributed by atoms with Crippen molar-refractivity contribution in [3.8, 4) is 11.5 Å². The Morgan fingerprint density at radius 2 is 1.89 bits per heavy atom. The van der Waals surface area contributed by atoms with Crippen LogP contribution >= 0.6 is 11.6 Å². The summed E-state index contributed by atoms with van der Waals surface area (Å²) in [6, 6.07) is 18.0. The molecule has 0 bridgehead atoms. The van der Waals surface area contributed by atoms with Crippen molar-refractivity contribution in [2.75, 3.05) is 6.61 Å². The van der Waals surface area contributed by atoms with Gasteiger partial charge in [0, 0.05) is 22.5 Å². The van der Waals surface area contributed by atoms with Crippen LogP contribution in [0.3, 0.4) is 0 Å². The molecule has 0 aliphatic heterocycles. The summed E-state index contributed by atoms with van der Waals surface area (Å²) in [5.74, 6) is 0.622. The third-order valence-electron chi connectivity index (χ3n) is 4.89. The average Bonchev–Trinajstić information content (AvgIpc) is 3.27. The lowest BCUT2D eigenvalue weighted by atomic mass is 10.2. The number of nitrogens with zero attached hydrogens (tertiary/aromatic N) is 2. The third kappa shape index (κ3) is 5.96. The van der Waals surface area contributed by atoms with E-state index in [0.29, 0.717) is 34.3 Å². The fraction of sp³-hybridized carbons (Fsp3) is 0.120. The number of benzene rings is 3. The Hall–Kier alpha value is -4.37. The Balaban J connectivity index is 1.40. The van der Waals surface area contributed by atoms with Crippen LogP contribution in [-0.2, 0) is 6.61 Å². The number of fused-ring (bicyclic) bond motifs is 1. The topological polar surface area (TPSA) is 116 Å². The second kappa shape index (κ2) is 10.7. The van der Waals surface area contributed by atoms with Crippen molar-refractivity contribution in [1.29, 1.82) is 0 Å². The lowest BCUT2D eigenvalue weighted by Gasteiger charge is -2.12. The number of amides is 1. The fourth-order valence-electron chi connectivity index (χ4n) is 3.21. The highest BCUT2D eigenvalue weighted by Crippen LogP contribution is 2.29. The van der Waals surface area contributed by atoms with E-state index in [1.165, 1.54) is 18.3 Å². The van der Waals surface area contributed by atoms with E-state index in [2.05, 4.69) is 10.5 Å². The van der Waals surface area contributed by atoms with Crippen molar-refractivity contribution < 1.29 is 23.6 Å². The molecule has 0 radical (unpaired) electrons. The summed E-state index contributed by atoms with van der Waals surface area (Å²) >= 11 is 5.96. The van der Waals surface area contributed by atoms with Gasteiger partial charge in [-0.05, 0) is 72.6 Å². The number of furan rings is 1. The predicted molar refractivity (Wildman–Crippen MR) is 131 cm³/mol. The molecule has 1 amide bonds. The van der Waals surface area contributed by atoms with E-state index in [4.69, 9.17) is 25.5 Å². The molecule has 4 aromatic rings. The summed E-state index contributed by atoms with van der Waals surface area (Å²) in [7, 11) is 0. The average molecular weight is 494 g/mol. The maximum Gasteiger partial charge on any atom is 0.307 e. The van der Waals surface area contributed by atoms with E-state index in [1.54, 1.807) is 54.6 Å². The van der Waals surface area contributed by atoms with Gasteiger partial charge in [0.1, 0.15) is 12.2 Å². The molecule has 10 heteroatoms. The molecule has 0 aliphatic carbocycles. The molecule has 0 atom stereocenters. The molecule has 3 aromatic carbocycles. The van der Waals surface area contributed by atoms with Gasteiger partial charge in [-0.2, -0.15) is 5.10 Å². The van der Waals surface area contributed by atoms with E-state index >= 15 is 0 Å². The van der Waals surface area contributed by atoms with Crippen LogP contribution in [-0.4, -0.2) is 23.7 Å². The molecule has 0 aliphatic rings. The summed E-state index contributed by atoms with van der Waals surface area (Å²) < 4.78 is 17.0. The van der Waals surface area contributed by atoms with E-state index in [-0.39, 0.29) is 18.1 Å². The lowest BCUT2D eigenvalue weighted by Crippen LogP contribution is -2.16. The van der Waals surface area contributed by atoms with Crippen LogP contribution in [0.4, 0.5) is 5.69 Å². The Morgan fingerprint density at radius 1 is 1.09 bits per heavy atom. The molecule has 1 N–H and O–H groups in total. The predicted octanol–water partition coefficient (Wildman–Crippen LogP) is 5.74. The lowest BCUT2D eigenvalue weighted by molar-refractivity contribution is -0.384. The van der Waals surface area contributed by atoms with Gasteiger partial charge in [0.05, 0.1) is 17.7 Å². The number of nitro benzene ring substituents is 1. The standard InChI is InChI=1S/C25H20ClN3O6/c1-2-33-23-11-17(5-9-22(23)34-15-16-3-7-20(8-4-16)29(31)32)14-27-28-25(30)24-13-18-12-19(26)6-10-21(18)35-24/h3-14H,2,15H2,1H3,(H,28,30)/b27-14+. The van der Waals surface area contributed by atoms with Crippen LogP contribution in [0.5, 0.6) is 11.5 Å². The number of carbonyl (C=O) groups is 1. The van der Waals surface area contributed by atoms with Crippen molar-refractivity contribution in [3.63, 3.8) is 0 Å². The minimum Gasteiger partial charge on any atom is -0.490 e. The van der Waals surface area contributed by atoms with Gasteiger partial charge in [0.2, 0.25) is 0 Å². The summed E-state index contributed by atoms with van der Waals surface area (Å²) in [5, 5.41) is 16.0. The van der Waals surface area contributed by atoms with Crippen LogP contribution in [0, 0.1) is 10.1 Å². The van der Waals surface area contributed by atoms with Crippen LogP contribution in [0.25, 0.3) is 11.0 Å². The minimum absolute atomic E-state index is 0.0178. The van der Waals surface area contributed by atoms with Crippen molar-refractivity contribution in [1.82, 2.24) is 5.43 Å². The highest BCUT2D eigenvalue weighted by Gasteiger charge is 2.12. The molecule has 0 saturated carbocycles. The van der Waals surface area contributed by atoms with Crippen molar-refractivity contribution in [2.45, 2.75) is 13.5 Å². The number of rotatable bonds is 9. The van der Waals surface area contributed by atoms with Crippen LogP contribution in [0.15, 0.2) is 76.2 Å². The van der Waals surface area contributed by atoms with Gasteiger partial charge in [-0.1, -0.05) is 11.6 Å². The summed E-state index contributed by atoms with van der Waals surface area (Å²) in [5.41, 5.74) is 4.45. The first kappa shape index (κ1) is 23.8. The SMILES string of the molecule is CCOc1cc(/C=N/NC(=O)c2cc3cc(Cl)ccc3o2)ccc1OCc1ccc([N+](=O)[O-])cc1. The first-order chi connectivity index (χ1) is 16.9. The van der Waals surface area contributed by atoms with Crippen molar-refractivity contribution >= 4 is 40.4 Å². The van der Waals surface area contributed by atoms with Gasteiger partial charge in [-0.25, -0.2) is 5.43 Å². The zero-order valence-corrected chi connectivity index (χ0v) is 19.3. The molecule has 0 fully saturated rings. The van der Waals surface area contributed by atoms with Crippen molar-refractivity contribution in [2.24, 2.45) is 5.10 Å². The molecule has 0 spiro atoms. The molecule has 0 saturated heterocycles. The quantitative estimate of drug-likeness (QED) is 0.181. The first-order valence-corrected chi connectivity index (χ1v) is 11.0. The molecule has 178 valence electrons. The van der Waals surface area contributed by atoms with Gasteiger partial charge in [0.15, 0.2) is 17.3 Å². The first-order valence-electron chi connectivity index (χ1n) is 10.6. The monoisotopic (exact) mass is 493 g/mol. The van der Waals surface area contributed by atoms with Crippen LogP contribution < -0.4 is 14.9 Å². The van der Waals surface area contributed by atoms with Gasteiger partial charge in [-0.3, -0.25) is 14.9 Å². The fourth-order valence-corrected chi connectivity index (χ4v) is 3.39. The second-order valence-corrected chi connectivity index (χ2v) is 7.78. The number of non-ortho nitro benzene ring substituents is 1. The number of halogens is 1. The number of hydrogen-bond acceptors (Lipinski definition) is 7. The number of carbonyl (C=O) groups excluding carboxylic acids is 1. The second-order valence-electron chi connectivity index (χ2n) is 7.34. The van der Waals surface area contributed by atoms with Crippen LogP contribution in [0.1, 0.15) is 28.6 Å². The molecule has 0 unspecified atom stereocenters. The van der Waals surface area contributed by atoms with Crippen molar-refractivity contribution in [3.05, 3.63) is 98.8 Å². The van der Waals surface area contributed by atoms with E-state index in [9.17, 15) is 14.9 Å². The zero-order chi connectivity index (χ0) is 24.8. The van der Waals surface area contributed by atoms with Gasteiger partial charge in [-0.15, -0.1) is 0 Å². The number of ether oxygens (including phenoxy) is 2. The minimum atomic E-state index is -0.498. The Kier molecular flexibility index (Phi) is 7.27. The summed E-state index contributed by atoms with van der Waals surface area (Å²) in [6.45, 7) is 2.48. The Labute approximate surface area is 205 Å². The van der Waals surface area contributed by atoms with Gasteiger partial charge < -0.3 is 13.9 Å². The number of hydrogen-bond donors (Lipinski definition) is 1. The van der Waals surface area contributed by atoms with Crippen LogP contribution in [0.2, 0.25) is 5.02 Å². The maximum atomic E-state index is 12.4. The third-order valence-corrected chi connectivity index (χ3v) is 5.13. The zero-order valence-electron chi connectivity index (χ0n) is 18.6. The van der Waals surface area contributed by atoms with E-state index in [0.717, 1.165) is 10.9 Å². The molecule has 35 heavy (non-hydrogen) atoms. The molecule has 9 nitrogen and oxygen atoms in total. The summed E-state index contributed by atoms with van der Waals surface area (Å²) in [4.78, 5) is 22.7. The van der Waals surface area contributed by atoms with Gasteiger partial charge in [0.25, 0.3) is 5.69 Å². The molecular formula is C25H20ClN3O6. The highest BCUT2D eigenvalue weighted by molar-refractivity contribution is 6.31. The van der Waals surface area contributed by atoms with E-state index in [1.807, 2.05) is 6.92 Å². The molecule has 1 aromatic heterocycles. The number of nitrogens with one attached hydrogen (secondary N) is 1. The normalized spacial score (nSPS) is 11.0. The molecule has 4 rings (SSSR count).